The molecule has 1 fully saturated rings. The van der Waals surface area contributed by atoms with Crippen LogP contribution in [-0.4, -0.2) is 22.9 Å². The van der Waals surface area contributed by atoms with Crippen molar-refractivity contribution in [2.24, 2.45) is 0 Å². The van der Waals surface area contributed by atoms with Gasteiger partial charge in [0.15, 0.2) is 0 Å². The van der Waals surface area contributed by atoms with Gasteiger partial charge in [-0.05, 0) is 23.8 Å². The van der Waals surface area contributed by atoms with E-state index in [2.05, 4.69) is 15.1 Å². The van der Waals surface area contributed by atoms with Gasteiger partial charge in [0.25, 0.3) is 0 Å². The van der Waals surface area contributed by atoms with E-state index in [4.69, 9.17) is 11.6 Å². The second kappa shape index (κ2) is 3.92. The zero-order valence-electron chi connectivity index (χ0n) is 8.73. The van der Waals surface area contributed by atoms with Gasteiger partial charge in [0.2, 0.25) is 0 Å². The molecule has 0 amide bonds. The van der Waals surface area contributed by atoms with E-state index in [0.717, 1.165) is 29.4 Å². The summed E-state index contributed by atoms with van der Waals surface area (Å²) in [6.07, 6.45) is 1.85. The highest BCUT2D eigenvalue weighted by Gasteiger charge is 2.21. The zero-order valence-corrected chi connectivity index (χ0v) is 9.48. The average molecular weight is 234 g/mol. The van der Waals surface area contributed by atoms with Gasteiger partial charge in [-0.3, -0.25) is 4.68 Å². The minimum atomic E-state index is 0.487. The summed E-state index contributed by atoms with van der Waals surface area (Å²) in [6, 6.07) is 10.4. The van der Waals surface area contributed by atoms with Crippen molar-refractivity contribution in [1.82, 2.24) is 15.1 Å². The molecular weight excluding hydrogens is 222 g/mol. The number of nitrogens with one attached hydrogen (secondary N) is 1. The predicted octanol–water partition coefficient (Wildman–Crippen LogP) is 2.35. The van der Waals surface area contributed by atoms with Crippen LogP contribution in [0.2, 0.25) is 5.02 Å². The van der Waals surface area contributed by atoms with Gasteiger partial charge in [-0.1, -0.05) is 23.7 Å². The molecule has 0 unspecified atom stereocenters. The highest BCUT2D eigenvalue weighted by molar-refractivity contribution is 6.30. The summed E-state index contributed by atoms with van der Waals surface area (Å²) in [4.78, 5) is 0. The number of halogens is 1. The minimum absolute atomic E-state index is 0.487. The van der Waals surface area contributed by atoms with E-state index in [1.807, 2.05) is 36.5 Å². The lowest BCUT2D eigenvalue weighted by Gasteiger charge is -2.28. The van der Waals surface area contributed by atoms with Crippen LogP contribution in [0.3, 0.4) is 0 Å². The summed E-state index contributed by atoms with van der Waals surface area (Å²) in [5, 5.41) is 8.40. The van der Waals surface area contributed by atoms with Gasteiger partial charge in [0, 0.05) is 24.3 Å². The van der Waals surface area contributed by atoms with Crippen LogP contribution in [0.15, 0.2) is 36.5 Å². The van der Waals surface area contributed by atoms with Crippen LogP contribution in [0.1, 0.15) is 6.04 Å². The maximum atomic E-state index is 5.88. The number of benzene rings is 1. The van der Waals surface area contributed by atoms with Crippen LogP contribution in [0.4, 0.5) is 0 Å². The average Bonchev–Trinajstić information content (AvgIpc) is 2.65. The number of aromatic nitrogens is 2. The highest BCUT2D eigenvalue weighted by Crippen LogP contribution is 2.24. The number of rotatable bonds is 2. The van der Waals surface area contributed by atoms with Gasteiger partial charge < -0.3 is 5.32 Å². The smallest absolute Gasteiger partial charge is 0.0774 e. The molecule has 82 valence electrons. The third kappa shape index (κ3) is 1.62. The van der Waals surface area contributed by atoms with Gasteiger partial charge in [0.1, 0.15) is 0 Å². The van der Waals surface area contributed by atoms with Crippen molar-refractivity contribution in [3.05, 3.63) is 41.6 Å². The van der Waals surface area contributed by atoms with Crippen molar-refractivity contribution in [1.29, 1.82) is 0 Å². The fourth-order valence-electron chi connectivity index (χ4n) is 1.90. The zero-order chi connectivity index (χ0) is 11.0. The summed E-state index contributed by atoms with van der Waals surface area (Å²) >= 11 is 5.88. The van der Waals surface area contributed by atoms with E-state index >= 15 is 0 Å². The van der Waals surface area contributed by atoms with E-state index in [1.54, 1.807) is 0 Å². The van der Waals surface area contributed by atoms with E-state index in [0.29, 0.717) is 6.04 Å². The number of hydrogen-bond donors (Lipinski definition) is 1. The maximum Gasteiger partial charge on any atom is 0.0774 e. The van der Waals surface area contributed by atoms with E-state index in [-0.39, 0.29) is 0 Å². The molecule has 2 aromatic rings. The topological polar surface area (TPSA) is 29.9 Å². The molecule has 0 spiro atoms. The van der Waals surface area contributed by atoms with E-state index in [1.165, 1.54) is 0 Å². The first-order valence-corrected chi connectivity index (χ1v) is 5.72. The van der Waals surface area contributed by atoms with Crippen molar-refractivity contribution < 1.29 is 0 Å². The second-order valence-electron chi connectivity index (χ2n) is 3.98. The molecule has 0 atom stereocenters. The molecule has 1 aliphatic rings. The first-order chi connectivity index (χ1) is 7.84. The Morgan fingerprint density at radius 3 is 2.56 bits per heavy atom. The Balaban J connectivity index is 1.99. The van der Waals surface area contributed by atoms with Crippen LogP contribution in [0, 0.1) is 0 Å². The van der Waals surface area contributed by atoms with Crippen LogP contribution < -0.4 is 5.32 Å². The molecule has 1 N–H and O–H groups in total. The molecule has 0 bridgehead atoms. The van der Waals surface area contributed by atoms with Crippen LogP contribution in [-0.2, 0) is 0 Å². The van der Waals surface area contributed by atoms with Crippen molar-refractivity contribution >= 4 is 11.6 Å². The Hall–Kier alpha value is -1.32. The van der Waals surface area contributed by atoms with Crippen molar-refractivity contribution in [3.63, 3.8) is 0 Å². The summed E-state index contributed by atoms with van der Waals surface area (Å²) in [6.45, 7) is 2.00. The highest BCUT2D eigenvalue weighted by atomic mass is 35.5. The molecule has 0 radical (unpaired) electrons. The third-order valence-corrected chi connectivity index (χ3v) is 3.17. The molecule has 16 heavy (non-hydrogen) atoms. The normalized spacial score (nSPS) is 16.1. The largest absolute Gasteiger partial charge is 0.312 e. The molecule has 1 aromatic heterocycles. The molecule has 0 saturated carbocycles. The van der Waals surface area contributed by atoms with Crippen molar-refractivity contribution in [3.8, 4) is 11.3 Å². The van der Waals surface area contributed by atoms with Gasteiger partial charge >= 0.3 is 0 Å². The summed E-state index contributed by atoms with van der Waals surface area (Å²) in [5.74, 6) is 0. The van der Waals surface area contributed by atoms with Crippen LogP contribution >= 0.6 is 11.6 Å². The van der Waals surface area contributed by atoms with Crippen molar-refractivity contribution in [2.75, 3.05) is 13.1 Å². The molecular formula is C12H12ClN3. The Morgan fingerprint density at radius 1 is 1.19 bits per heavy atom. The Bertz CT molecular complexity index is 485. The fourth-order valence-corrected chi connectivity index (χ4v) is 2.03. The molecule has 2 heterocycles. The lowest BCUT2D eigenvalue weighted by Crippen LogP contribution is -2.44. The molecule has 3 rings (SSSR count). The Morgan fingerprint density at radius 2 is 1.94 bits per heavy atom. The van der Waals surface area contributed by atoms with Gasteiger partial charge in [-0.25, -0.2) is 0 Å². The SMILES string of the molecule is Clc1ccc(-c2ccnn2C2CNC2)cc1. The van der Waals surface area contributed by atoms with E-state index < -0.39 is 0 Å². The molecule has 0 aliphatic carbocycles. The van der Waals surface area contributed by atoms with Crippen molar-refractivity contribution in [2.45, 2.75) is 6.04 Å². The summed E-state index contributed by atoms with van der Waals surface area (Å²) < 4.78 is 2.08. The molecule has 1 aliphatic heterocycles. The van der Waals surface area contributed by atoms with Gasteiger partial charge in [0.05, 0.1) is 11.7 Å². The second-order valence-corrected chi connectivity index (χ2v) is 4.42. The molecule has 1 aromatic carbocycles. The quantitative estimate of drug-likeness (QED) is 0.863. The summed E-state index contributed by atoms with van der Waals surface area (Å²) in [7, 11) is 0. The van der Waals surface area contributed by atoms with Gasteiger partial charge in [-0.2, -0.15) is 5.10 Å². The number of hydrogen-bond acceptors (Lipinski definition) is 2. The van der Waals surface area contributed by atoms with Crippen LogP contribution in [0.5, 0.6) is 0 Å². The fraction of sp³-hybridized carbons (Fsp3) is 0.250. The predicted molar refractivity (Wildman–Crippen MR) is 64.6 cm³/mol. The van der Waals surface area contributed by atoms with Crippen LogP contribution in [0.25, 0.3) is 11.3 Å². The third-order valence-electron chi connectivity index (χ3n) is 2.92. The molecule has 4 heteroatoms. The Labute approximate surface area is 99.0 Å². The monoisotopic (exact) mass is 233 g/mol. The number of nitrogens with zero attached hydrogens (tertiary/aromatic N) is 2. The molecule has 3 nitrogen and oxygen atoms in total. The first kappa shape index (κ1) is 9.87. The standard InChI is InChI=1S/C12H12ClN3/c13-10-3-1-9(2-4-10)12-5-6-15-16(12)11-7-14-8-11/h1-6,11,14H,7-8H2. The Kier molecular flexibility index (Phi) is 2.42. The molecule has 1 saturated heterocycles. The lowest BCUT2D eigenvalue weighted by atomic mass is 10.1. The van der Waals surface area contributed by atoms with E-state index in [9.17, 15) is 0 Å². The maximum absolute atomic E-state index is 5.88. The lowest BCUT2D eigenvalue weighted by molar-refractivity contribution is 0.321. The van der Waals surface area contributed by atoms with Gasteiger partial charge in [-0.15, -0.1) is 0 Å². The first-order valence-electron chi connectivity index (χ1n) is 5.35. The minimum Gasteiger partial charge on any atom is -0.312 e. The summed E-state index contributed by atoms with van der Waals surface area (Å²) in [5.41, 5.74) is 2.32.